The molecule has 12 heteroatoms. The summed E-state index contributed by atoms with van der Waals surface area (Å²) in [4.78, 5) is 9.72. The van der Waals surface area contributed by atoms with Crippen molar-refractivity contribution in [3.63, 3.8) is 0 Å². The molecule has 0 fully saturated rings. The largest absolute Gasteiger partial charge is 0.493 e. The smallest absolute Gasteiger partial charge is 0.237 e. The molecular weight excluding hydrogens is 865 g/mol. The first-order valence-corrected chi connectivity index (χ1v) is 25.5. The molecule has 2 aromatic heterocycles. The summed E-state index contributed by atoms with van der Waals surface area (Å²) >= 11 is 3.16. The van der Waals surface area contributed by atoms with Gasteiger partial charge in [0.25, 0.3) is 0 Å². The minimum atomic E-state index is -0.953. The van der Waals surface area contributed by atoms with E-state index >= 15 is 0 Å². The molecule has 1 aromatic carbocycles. The van der Waals surface area contributed by atoms with E-state index in [-0.39, 0.29) is 23.6 Å². The van der Waals surface area contributed by atoms with Gasteiger partial charge in [0.15, 0.2) is 34.3 Å². The van der Waals surface area contributed by atoms with Gasteiger partial charge in [0.1, 0.15) is 17.7 Å². The van der Waals surface area contributed by atoms with Crippen LogP contribution in [0.1, 0.15) is 151 Å². The van der Waals surface area contributed by atoms with Crippen LogP contribution >= 0.6 is 22.7 Å². The van der Waals surface area contributed by atoms with Crippen LogP contribution in [0.15, 0.2) is 52.9 Å². The lowest BCUT2D eigenvalue weighted by Crippen LogP contribution is -2.23. The molecule has 0 aliphatic carbocycles. The highest BCUT2D eigenvalue weighted by molar-refractivity contribution is 7.15. The van der Waals surface area contributed by atoms with E-state index < -0.39 is 5.60 Å². The normalized spacial score (nSPS) is 13.3. The topological polar surface area (TPSA) is 122 Å². The number of allylic oxidation sites excluding steroid dienone is 1. The van der Waals surface area contributed by atoms with E-state index in [4.69, 9.17) is 35.4 Å². The Balaban J connectivity index is 1.81. The maximum absolute atomic E-state index is 9.62. The molecule has 0 spiro atoms. The fraction of sp³-hybridized carbons (Fsp3) is 0.500. The second kappa shape index (κ2) is 28.6. The van der Waals surface area contributed by atoms with Crippen LogP contribution in [0.2, 0.25) is 0 Å². The number of anilines is 1. The van der Waals surface area contributed by atoms with Gasteiger partial charge in [0.05, 0.1) is 52.5 Å². The molecule has 1 aliphatic heterocycles. The molecule has 1 aliphatic rings. The van der Waals surface area contributed by atoms with Gasteiger partial charge in [0, 0.05) is 31.0 Å². The zero-order chi connectivity index (χ0) is 47.7. The highest BCUT2D eigenvalue weighted by atomic mass is 32.1. The molecule has 0 saturated carbocycles. The summed E-state index contributed by atoms with van der Waals surface area (Å²) in [5.74, 6) is 2.79. The molecule has 3 aromatic rings. The third-order valence-electron chi connectivity index (χ3n) is 11.0. The van der Waals surface area contributed by atoms with Crippen LogP contribution in [0.3, 0.4) is 0 Å². The summed E-state index contributed by atoms with van der Waals surface area (Å²) < 4.78 is 32.3. The van der Waals surface area contributed by atoms with Crippen molar-refractivity contribution in [2.24, 2.45) is 0 Å². The maximum Gasteiger partial charge on any atom is 0.237 e. The molecule has 0 amide bonds. The summed E-state index contributed by atoms with van der Waals surface area (Å²) in [6.45, 7) is 26.8. The number of ether oxygens (including phenoxy) is 5. The van der Waals surface area contributed by atoms with Crippen molar-refractivity contribution in [3.05, 3.63) is 89.4 Å². The van der Waals surface area contributed by atoms with Gasteiger partial charge >= 0.3 is 0 Å². The Morgan fingerprint density at radius 3 is 1.52 bits per heavy atom. The highest BCUT2D eigenvalue weighted by Crippen LogP contribution is 2.49. The summed E-state index contributed by atoms with van der Waals surface area (Å²) in [5.41, 5.74) is 1.83. The zero-order valence-corrected chi connectivity index (χ0v) is 41.9. The van der Waals surface area contributed by atoms with Crippen molar-refractivity contribution in [1.29, 1.82) is 10.5 Å². The third-order valence-corrected chi connectivity index (χ3v) is 13.1. The van der Waals surface area contributed by atoms with Gasteiger partial charge in [-0.05, 0) is 101 Å². The molecule has 66 heavy (non-hydrogen) atoms. The van der Waals surface area contributed by atoms with Gasteiger partial charge in [-0.3, -0.25) is 0 Å². The van der Waals surface area contributed by atoms with E-state index in [0.29, 0.717) is 43.5 Å². The SMILES string of the molecule is [C-]#[N+]C1=C(/C=C/c2sc(/C=C/c3sc(/C=C/c4ccc(N(CC)CCCCCCO)cc4)c(OCCCC)c3OCCCC)c(OCCCC)c2OCCCC)C(C)(C)OC1=C(C#N)C#N. The van der Waals surface area contributed by atoms with E-state index in [0.717, 1.165) is 127 Å². The molecule has 0 radical (unpaired) electrons. The number of hydrogen-bond donors (Lipinski definition) is 1. The monoisotopic (exact) mass is 934 g/mol. The summed E-state index contributed by atoms with van der Waals surface area (Å²) in [6.07, 6.45) is 23.9. The van der Waals surface area contributed by atoms with Gasteiger partial charge in [-0.2, -0.15) is 10.5 Å². The Kier molecular flexibility index (Phi) is 23.0. The molecule has 1 N–H and O–H groups in total. The Hall–Kier alpha value is -5.45. The van der Waals surface area contributed by atoms with Crippen molar-refractivity contribution in [2.45, 2.75) is 131 Å². The number of nitrogens with zero attached hydrogens (tertiary/aromatic N) is 4. The summed E-state index contributed by atoms with van der Waals surface area (Å²) in [7, 11) is 0. The van der Waals surface area contributed by atoms with Crippen molar-refractivity contribution < 1.29 is 28.8 Å². The fourth-order valence-corrected chi connectivity index (χ4v) is 9.09. The second-order valence-corrected chi connectivity index (χ2v) is 18.7. The van der Waals surface area contributed by atoms with Gasteiger partial charge in [0.2, 0.25) is 5.70 Å². The van der Waals surface area contributed by atoms with Gasteiger partial charge < -0.3 is 33.7 Å². The molecule has 0 saturated heterocycles. The van der Waals surface area contributed by atoms with Gasteiger partial charge in [-0.15, -0.1) is 22.7 Å². The number of rotatable bonds is 30. The van der Waals surface area contributed by atoms with Crippen molar-refractivity contribution in [2.75, 3.05) is 51.0 Å². The van der Waals surface area contributed by atoms with Crippen LogP contribution in [-0.4, -0.2) is 56.8 Å². The third kappa shape index (κ3) is 15.0. The van der Waals surface area contributed by atoms with Crippen LogP contribution in [0, 0.1) is 29.2 Å². The summed E-state index contributed by atoms with van der Waals surface area (Å²) in [5, 5.41) is 28.4. The van der Waals surface area contributed by atoms with Crippen LogP contribution in [-0.2, 0) is 4.74 Å². The van der Waals surface area contributed by atoms with Crippen LogP contribution in [0.4, 0.5) is 5.69 Å². The number of thiophene rings is 2. The molecular formula is C54H70N4O6S2. The number of aliphatic hydroxyl groups is 1. The number of hydrogen-bond acceptors (Lipinski definition) is 11. The van der Waals surface area contributed by atoms with Crippen LogP contribution in [0.25, 0.3) is 35.2 Å². The van der Waals surface area contributed by atoms with Gasteiger partial charge in [-0.25, -0.2) is 4.85 Å². The highest BCUT2D eigenvalue weighted by Gasteiger charge is 2.39. The Morgan fingerprint density at radius 1 is 0.667 bits per heavy atom. The minimum absolute atomic E-state index is 0.00622. The lowest BCUT2D eigenvalue weighted by Gasteiger charge is -2.23. The van der Waals surface area contributed by atoms with E-state index in [2.05, 4.69) is 92.9 Å². The second-order valence-electron chi connectivity index (χ2n) is 16.5. The molecule has 0 atom stereocenters. The predicted octanol–water partition coefficient (Wildman–Crippen LogP) is 14.5. The minimum Gasteiger partial charge on any atom is -0.493 e. The average molecular weight is 935 g/mol. The molecule has 3 heterocycles. The first-order chi connectivity index (χ1) is 32.1. The molecule has 0 unspecified atom stereocenters. The number of aliphatic hydroxyl groups excluding tert-OH is 1. The van der Waals surface area contributed by atoms with Crippen molar-refractivity contribution >= 4 is 58.7 Å². The van der Waals surface area contributed by atoms with Crippen LogP contribution in [0.5, 0.6) is 23.0 Å². The summed E-state index contributed by atoms with van der Waals surface area (Å²) in [6, 6.07) is 12.5. The van der Waals surface area contributed by atoms with Crippen LogP contribution < -0.4 is 23.8 Å². The number of benzene rings is 1. The zero-order valence-electron chi connectivity index (χ0n) is 40.3. The number of nitriles is 2. The first-order valence-electron chi connectivity index (χ1n) is 23.9. The van der Waals surface area contributed by atoms with Gasteiger partial charge in [-0.1, -0.05) is 90.5 Å². The lowest BCUT2D eigenvalue weighted by molar-refractivity contribution is 0.0954. The standard InChI is InChI=1S/C54H70N4O6S2/c1-9-14-34-60-50-44(28-24-40-22-25-42(26-23-40)58(13-5)32-20-18-19-21-33-59)65-46(52(50)62-36-16-11-3)30-31-47-53(63-37-17-12-4)51(61-35-15-10-2)45(66-47)29-27-43-48(57-8)49(41(38-55)39-56)64-54(43,6)7/h22-31,59H,9-21,32-37H2,1-7H3/b28-24+,29-27+,31-30+. The van der Waals surface area contributed by atoms with E-state index in [1.807, 2.05) is 38.1 Å². The predicted molar refractivity (Wildman–Crippen MR) is 274 cm³/mol. The van der Waals surface area contributed by atoms with Crippen molar-refractivity contribution in [3.8, 4) is 35.1 Å². The lowest BCUT2D eigenvalue weighted by atomic mass is 9.97. The quantitative estimate of drug-likeness (QED) is 0.0395. The Labute approximate surface area is 402 Å². The maximum atomic E-state index is 9.62. The first kappa shape index (κ1) is 53.2. The molecule has 10 nitrogen and oxygen atoms in total. The number of unbranched alkanes of at least 4 members (excludes halogenated alkanes) is 7. The Bertz CT molecular complexity index is 2260. The Morgan fingerprint density at radius 2 is 1.11 bits per heavy atom. The van der Waals surface area contributed by atoms with E-state index in [1.165, 1.54) is 17.0 Å². The van der Waals surface area contributed by atoms with E-state index in [9.17, 15) is 10.5 Å². The molecule has 4 rings (SSSR count). The molecule has 0 bridgehead atoms. The van der Waals surface area contributed by atoms with Crippen molar-refractivity contribution in [1.82, 2.24) is 0 Å². The fourth-order valence-electron chi connectivity index (χ4n) is 7.10. The average Bonchev–Trinajstić information content (AvgIpc) is 3.92. The van der Waals surface area contributed by atoms with E-state index in [1.54, 1.807) is 11.3 Å². The molecule has 354 valence electrons.